The predicted octanol–water partition coefficient (Wildman–Crippen LogP) is 9.04. The van der Waals surface area contributed by atoms with Gasteiger partial charge in [-0.1, -0.05) is 104 Å². The zero-order chi connectivity index (χ0) is 24.9. The number of benzene rings is 2. The summed E-state index contributed by atoms with van der Waals surface area (Å²) in [5, 5.41) is 0. The van der Waals surface area contributed by atoms with E-state index in [1.807, 2.05) is 0 Å². The van der Waals surface area contributed by atoms with Crippen molar-refractivity contribution < 1.29 is 9.47 Å². The lowest BCUT2D eigenvalue weighted by Crippen LogP contribution is -2.19. The van der Waals surface area contributed by atoms with Crippen molar-refractivity contribution in [3.8, 4) is 0 Å². The summed E-state index contributed by atoms with van der Waals surface area (Å²) in [5.41, 5.74) is 5.65. The van der Waals surface area contributed by atoms with E-state index in [1.54, 1.807) is 0 Å². The summed E-state index contributed by atoms with van der Waals surface area (Å²) in [6.45, 7) is 24.0. The molecule has 0 saturated carbocycles. The minimum atomic E-state index is -0.0658. The van der Waals surface area contributed by atoms with Gasteiger partial charge < -0.3 is 9.47 Å². The summed E-state index contributed by atoms with van der Waals surface area (Å²) in [4.78, 5) is 0. The molecule has 0 heterocycles. The van der Waals surface area contributed by atoms with Crippen LogP contribution in [0.25, 0.3) is 0 Å². The predicted molar refractivity (Wildman–Crippen MR) is 142 cm³/mol. The zero-order valence-electron chi connectivity index (χ0n) is 22.9. The second-order valence-electron chi connectivity index (χ2n) is 12.5. The van der Waals surface area contributed by atoms with E-state index in [2.05, 4.69) is 118 Å². The minimum Gasteiger partial charge on any atom is -0.374 e. The molecule has 0 aliphatic heterocycles. The van der Waals surface area contributed by atoms with E-state index in [9.17, 15) is 0 Å². The molecule has 0 radical (unpaired) electrons. The molecule has 2 atom stereocenters. The van der Waals surface area contributed by atoms with Gasteiger partial charge in [0.1, 0.15) is 0 Å². The Morgan fingerprint density at radius 3 is 1.12 bits per heavy atom. The van der Waals surface area contributed by atoms with Crippen LogP contribution in [0.2, 0.25) is 0 Å². The third-order valence-corrected chi connectivity index (χ3v) is 6.64. The standard InChI is InChI=1S/C31H48O2/c1-23(32-21-19-29(3,4)5)25-11-15-27(16-12-25)31(9,10)28-17-13-26(14-18-28)24(2)33-22-20-30(6,7)8/h11-18,23-24H,19-22H2,1-10H3. The molecule has 2 nitrogen and oxygen atoms in total. The van der Waals surface area contributed by atoms with Crippen molar-refractivity contribution in [2.45, 2.75) is 99.7 Å². The first-order valence-corrected chi connectivity index (χ1v) is 12.6. The van der Waals surface area contributed by atoms with Crippen LogP contribution >= 0.6 is 0 Å². The lowest BCUT2D eigenvalue weighted by atomic mass is 9.77. The molecule has 0 aliphatic carbocycles. The van der Waals surface area contributed by atoms with Crippen LogP contribution in [-0.2, 0) is 14.9 Å². The Kier molecular flexibility index (Phi) is 9.36. The van der Waals surface area contributed by atoms with Crippen LogP contribution in [0.3, 0.4) is 0 Å². The second kappa shape index (κ2) is 11.2. The Balaban J connectivity index is 2.01. The molecule has 0 fully saturated rings. The largest absolute Gasteiger partial charge is 0.374 e. The van der Waals surface area contributed by atoms with Crippen molar-refractivity contribution >= 4 is 0 Å². The van der Waals surface area contributed by atoms with Gasteiger partial charge in [-0.25, -0.2) is 0 Å². The number of hydrogen-bond acceptors (Lipinski definition) is 2. The van der Waals surface area contributed by atoms with Crippen molar-refractivity contribution in [1.82, 2.24) is 0 Å². The first-order valence-electron chi connectivity index (χ1n) is 12.6. The molecule has 0 amide bonds. The molecule has 2 aromatic carbocycles. The zero-order valence-corrected chi connectivity index (χ0v) is 22.9. The van der Waals surface area contributed by atoms with Gasteiger partial charge in [0.15, 0.2) is 0 Å². The molecule has 0 saturated heterocycles. The van der Waals surface area contributed by atoms with Crippen LogP contribution < -0.4 is 0 Å². The van der Waals surface area contributed by atoms with Crippen LogP contribution in [0, 0.1) is 10.8 Å². The third-order valence-electron chi connectivity index (χ3n) is 6.64. The third kappa shape index (κ3) is 8.91. The van der Waals surface area contributed by atoms with Crippen LogP contribution in [0.15, 0.2) is 48.5 Å². The molecule has 0 aromatic heterocycles. The number of ether oxygens (including phenoxy) is 2. The molecule has 0 N–H and O–H groups in total. The summed E-state index contributed by atoms with van der Waals surface area (Å²) in [6, 6.07) is 17.9. The van der Waals surface area contributed by atoms with E-state index >= 15 is 0 Å². The SMILES string of the molecule is CC(OCCC(C)(C)C)c1ccc(C(C)(C)c2ccc(C(C)OCCC(C)(C)C)cc2)cc1. The Bertz CT molecular complexity index is 761. The topological polar surface area (TPSA) is 18.5 Å². The van der Waals surface area contributed by atoms with Gasteiger partial charge in [-0.05, 0) is 59.8 Å². The summed E-state index contributed by atoms with van der Waals surface area (Å²) >= 11 is 0. The van der Waals surface area contributed by atoms with Crippen LogP contribution in [0.4, 0.5) is 0 Å². The average Bonchev–Trinajstić information content (AvgIpc) is 2.72. The highest BCUT2D eigenvalue weighted by atomic mass is 16.5. The van der Waals surface area contributed by atoms with Gasteiger partial charge in [0, 0.05) is 18.6 Å². The Morgan fingerprint density at radius 2 is 0.848 bits per heavy atom. The van der Waals surface area contributed by atoms with Crippen molar-refractivity contribution in [2.75, 3.05) is 13.2 Å². The van der Waals surface area contributed by atoms with Gasteiger partial charge in [-0.15, -0.1) is 0 Å². The Labute approximate surface area is 204 Å². The quantitative estimate of drug-likeness (QED) is 0.358. The molecule has 0 bridgehead atoms. The summed E-state index contributed by atoms with van der Waals surface area (Å²) in [6.07, 6.45) is 2.37. The molecular weight excluding hydrogens is 404 g/mol. The molecule has 33 heavy (non-hydrogen) atoms. The highest BCUT2D eigenvalue weighted by Crippen LogP contribution is 2.33. The van der Waals surface area contributed by atoms with Gasteiger partial charge in [-0.2, -0.15) is 0 Å². The van der Waals surface area contributed by atoms with Gasteiger partial charge in [0.05, 0.1) is 12.2 Å². The molecule has 0 spiro atoms. The van der Waals surface area contributed by atoms with Gasteiger partial charge in [-0.3, -0.25) is 0 Å². The molecule has 0 aliphatic rings. The highest BCUT2D eigenvalue weighted by Gasteiger charge is 2.24. The number of rotatable bonds is 10. The van der Waals surface area contributed by atoms with Crippen molar-refractivity contribution in [1.29, 1.82) is 0 Å². The highest BCUT2D eigenvalue weighted by molar-refractivity contribution is 5.40. The second-order valence-corrected chi connectivity index (χ2v) is 12.5. The number of hydrogen-bond donors (Lipinski definition) is 0. The fourth-order valence-corrected chi connectivity index (χ4v) is 3.78. The van der Waals surface area contributed by atoms with E-state index in [0.717, 1.165) is 26.1 Å². The smallest absolute Gasteiger partial charge is 0.0796 e. The van der Waals surface area contributed by atoms with Crippen LogP contribution in [0.5, 0.6) is 0 Å². The molecule has 2 aromatic rings. The average molecular weight is 453 g/mol. The molecule has 184 valence electrons. The van der Waals surface area contributed by atoms with Crippen molar-refractivity contribution in [3.05, 3.63) is 70.8 Å². The molecule has 2 rings (SSSR count). The first-order chi connectivity index (χ1) is 15.2. The first kappa shape index (κ1) is 27.6. The normalized spacial score (nSPS) is 14.8. The summed E-state index contributed by atoms with van der Waals surface area (Å²) in [5.74, 6) is 0. The fraction of sp³-hybridized carbons (Fsp3) is 0.613. The molecular formula is C31H48O2. The lowest BCUT2D eigenvalue weighted by Gasteiger charge is -2.27. The van der Waals surface area contributed by atoms with E-state index < -0.39 is 0 Å². The molecule has 2 unspecified atom stereocenters. The van der Waals surface area contributed by atoms with Crippen molar-refractivity contribution in [2.24, 2.45) is 10.8 Å². The summed E-state index contributed by atoms with van der Waals surface area (Å²) in [7, 11) is 0. The van der Waals surface area contributed by atoms with Crippen molar-refractivity contribution in [3.63, 3.8) is 0 Å². The Hall–Kier alpha value is -1.64. The lowest BCUT2D eigenvalue weighted by molar-refractivity contribution is 0.0483. The van der Waals surface area contributed by atoms with E-state index in [4.69, 9.17) is 9.47 Å². The Morgan fingerprint density at radius 1 is 0.545 bits per heavy atom. The fourth-order valence-electron chi connectivity index (χ4n) is 3.78. The van der Waals surface area contributed by atoms with E-state index in [1.165, 1.54) is 22.3 Å². The maximum atomic E-state index is 6.08. The van der Waals surface area contributed by atoms with E-state index in [0.29, 0.717) is 10.8 Å². The maximum Gasteiger partial charge on any atom is 0.0796 e. The monoisotopic (exact) mass is 452 g/mol. The van der Waals surface area contributed by atoms with Crippen LogP contribution in [0.1, 0.15) is 117 Å². The van der Waals surface area contributed by atoms with Gasteiger partial charge in [0.25, 0.3) is 0 Å². The van der Waals surface area contributed by atoms with E-state index in [-0.39, 0.29) is 17.6 Å². The summed E-state index contributed by atoms with van der Waals surface area (Å²) < 4.78 is 12.2. The van der Waals surface area contributed by atoms with Gasteiger partial charge >= 0.3 is 0 Å². The van der Waals surface area contributed by atoms with Crippen LogP contribution in [-0.4, -0.2) is 13.2 Å². The maximum absolute atomic E-state index is 6.08. The van der Waals surface area contributed by atoms with Gasteiger partial charge in [0.2, 0.25) is 0 Å². The molecule has 2 heteroatoms. The minimum absolute atomic E-state index is 0.0658.